The summed E-state index contributed by atoms with van der Waals surface area (Å²) in [5, 5.41) is 3.60. The van der Waals surface area contributed by atoms with Crippen LogP contribution >= 0.6 is 0 Å². The molecular formula is C24H24N2. The molecule has 0 atom stereocenters. The molecule has 0 bridgehead atoms. The largest absolute Gasteiger partial charge is 0.233 e. The van der Waals surface area contributed by atoms with Crippen LogP contribution in [0.5, 0.6) is 0 Å². The Hall–Kier alpha value is -2.74. The lowest BCUT2D eigenvalue weighted by Crippen LogP contribution is -2.11. The van der Waals surface area contributed by atoms with Gasteiger partial charge in [0.2, 0.25) is 0 Å². The highest BCUT2D eigenvalue weighted by Crippen LogP contribution is 2.35. The van der Waals surface area contributed by atoms with Crippen molar-refractivity contribution < 1.29 is 0 Å². The number of rotatable bonds is 1. The molecular weight excluding hydrogens is 316 g/mol. The summed E-state index contributed by atoms with van der Waals surface area (Å²) in [5.41, 5.74) is 5.95. The Labute approximate surface area is 154 Å². The number of nitrogens with zero attached hydrogens (tertiary/aromatic N) is 2. The average molecular weight is 340 g/mol. The Morgan fingerprint density at radius 1 is 0.808 bits per heavy atom. The fourth-order valence-electron chi connectivity index (χ4n) is 3.62. The lowest BCUT2D eigenvalue weighted by atomic mass is 9.84. The van der Waals surface area contributed by atoms with Crippen LogP contribution in [0.4, 0.5) is 0 Å². The molecule has 4 rings (SSSR count). The smallest absolute Gasteiger partial charge is 0.126 e. The van der Waals surface area contributed by atoms with Gasteiger partial charge in [-0.3, -0.25) is 0 Å². The summed E-state index contributed by atoms with van der Waals surface area (Å²) in [7, 11) is 0. The zero-order chi connectivity index (χ0) is 18.5. The predicted octanol–water partition coefficient (Wildman–Crippen LogP) is 6.36. The van der Waals surface area contributed by atoms with Crippen LogP contribution in [0.1, 0.15) is 37.7 Å². The number of hydrogen-bond acceptors (Lipinski definition) is 2. The minimum Gasteiger partial charge on any atom is -0.233 e. The Morgan fingerprint density at radius 3 is 2.23 bits per heavy atom. The molecule has 0 aliphatic carbocycles. The molecule has 0 spiro atoms. The van der Waals surface area contributed by atoms with E-state index in [1.165, 1.54) is 21.9 Å². The lowest BCUT2D eigenvalue weighted by Gasteiger charge is -2.21. The van der Waals surface area contributed by atoms with Crippen molar-refractivity contribution >= 4 is 21.7 Å². The summed E-state index contributed by atoms with van der Waals surface area (Å²) >= 11 is 0. The van der Waals surface area contributed by atoms with Crippen LogP contribution in [0.15, 0.2) is 54.6 Å². The van der Waals surface area contributed by atoms with Crippen molar-refractivity contribution in [2.45, 2.75) is 40.0 Å². The first-order chi connectivity index (χ1) is 12.3. The van der Waals surface area contributed by atoms with E-state index in [0.717, 1.165) is 28.0 Å². The highest BCUT2D eigenvalue weighted by Gasteiger charge is 2.17. The highest BCUT2D eigenvalue weighted by molar-refractivity contribution is 6.10. The van der Waals surface area contributed by atoms with Crippen LogP contribution in [-0.4, -0.2) is 9.97 Å². The SMILES string of the molecule is Cc1nc(-c2ccccc2)c2ccc3cc(C(C)(C)C)cc(C)c3c2n1. The monoisotopic (exact) mass is 340 g/mol. The van der Waals surface area contributed by atoms with Crippen molar-refractivity contribution in [3.63, 3.8) is 0 Å². The van der Waals surface area contributed by atoms with Gasteiger partial charge in [-0.2, -0.15) is 0 Å². The van der Waals surface area contributed by atoms with Crippen LogP contribution < -0.4 is 0 Å². The van der Waals surface area contributed by atoms with E-state index in [1.807, 2.05) is 13.0 Å². The van der Waals surface area contributed by atoms with Gasteiger partial charge in [0.05, 0.1) is 11.2 Å². The molecule has 1 aromatic heterocycles. The molecule has 2 heteroatoms. The summed E-state index contributed by atoms with van der Waals surface area (Å²) < 4.78 is 0. The summed E-state index contributed by atoms with van der Waals surface area (Å²) in [5.74, 6) is 0.808. The Balaban J connectivity index is 2.10. The normalized spacial score (nSPS) is 12.0. The van der Waals surface area contributed by atoms with Gasteiger partial charge in [-0.1, -0.05) is 69.3 Å². The van der Waals surface area contributed by atoms with Gasteiger partial charge in [0.15, 0.2) is 0 Å². The third-order valence-electron chi connectivity index (χ3n) is 5.00. The summed E-state index contributed by atoms with van der Waals surface area (Å²) in [6.07, 6.45) is 0. The standard InChI is InChI=1S/C24H24N2/c1-15-13-19(24(3,4)5)14-18-11-12-20-22(17-9-7-6-8-10-17)25-16(2)26-23(20)21(15)18/h6-14H,1-5H3. The Kier molecular flexibility index (Phi) is 3.80. The third-order valence-corrected chi connectivity index (χ3v) is 5.00. The molecule has 1 heterocycles. The molecule has 0 N–H and O–H groups in total. The van der Waals surface area contributed by atoms with Gasteiger partial charge in [0, 0.05) is 16.3 Å². The van der Waals surface area contributed by atoms with Crippen LogP contribution in [0.25, 0.3) is 32.9 Å². The molecule has 0 saturated carbocycles. The Morgan fingerprint density at radius 2 is 1.54 bits per heavy atom. The number of aromatic nitrogens is 2. The number of fused-ring (bicyclic) bond motifs is 3. The van der Waals surface area contributed by atoms with E-state index in [2.05, 4.69) is 76.2 Å². The molecule has 0 radical (unpaired) electrons. The van der Waals surface area contributed by atoms with E-state index in [0.29, 0.717) is 0 Å². The van der Waals surface area contributed by atoms with Gasteiger partial charge in [0.1, 0.15) is 5.82 Å². The second kappa shape index (κ2) is 5.91. The van der Waals surface area contributed by atoms with Gasteiger partial charge in [-0.25, -0.2) is 9.97 Å². The second-order valence-corrected chi connectivity index (χ2v) is 8.09. The van der Waals surface area contributed by atoms with Crippen molar-refractivity contribution in [3.05, 3.63) is 71.5 Å². The quantitative estimate of drug-likeness (QED) is 0.377. The molecule has 130 valence electrons. The zero-order valence-electron chi connectivity index (χ0n) is 16.1. The second-order valence-electron chi connectivity index (χ2n) is 8.09. The zero-order valence-corrected chi connectivity index (χ0v) is 16.1. The molecule has 0 aliphatic rings. The number of hydrogen-bond donors (Lipinski definition) is 0. The maximum atomic E-state index is 4.83. The summed E-state index contributed by atoms with van der Waals surface area (Å²) in [6, 6.07) is 19.4. The van der Waals surface area contributed by atoms with E-state index in [9.17, 15) is 0 Å². The number of aryl methyl sites for hydroxylation is 2. The molecule has 26 heavy (non-hydrogen) atoms. The van der Waals surface area contributed by atoms with Crippen molar-refractivity contribution in [1.29, 1.82) is 0 Å². The van der Waals surface area contributed by atoms with Crippen LogP contribution in [0, 0.1) is 13.8 Å². The van der Waals surface area contributed by atoms with Crippen LogP contribution in [0.2, 0.25) is 0 Å². The summed E-state index contributed by atoms with van der Waals surface area (Å²) in [4.78, 5) is 9.59. The summed E-state index contributed by atoms with van der Waals surface area (Å²) in [6.45, 7) is 10.9. The highest BCUT2D eigenvalue weighted by atomic mass is 14.9. The third kappa shape index (κ3) is 2.76. The van der Waals surface area contributed by atoms with Crippen LogP contribution in [-0.2, 0) is 5.41 Å². The molecule has 3 aromatic carbocycles. The van der Waals surface area contributed by atoms with Crippen molar-refractivity contribution in [3.8, 4) is 11.3 Å². The maximum Gasteiger partial charge on any atom is 0.126 e. The molecule has 0 unspecified atom stereocenters. The minimum atomic E-state index is 0.130. The molecule has 4 aromatic rings. The van der Waals surface area contributed by atoms with Gasteiger partial charge in [-0.15, -0.1) is 0 Å². The fourth-order valence-corrected chi connectivity index (χ4v) is 3.62. The Bertz CT molecular complexity index is 1120. The lowest BCUT2D eigenvalue weighted by molar-refractivity contribution is 0.590. The minimum absolute atomic E-state index is 0.130. The van der Waals surface area contributed by atoms with Crippen LogP contribution in [0.3, 0.4) is 0 Å². The van der Waals surface area contributed by atoms with Gasteiger partial charge in [-0.05, 0) is 41.8 Å². The molecule has 0 aliphatic heterocycles. The first-order valence-electron chi connectivity index (χ1n) is 9.12. The van der Waals surface area contributed by atoms with E-state index >= 15 is 0 Å². The topological polar surface area (TPSA) is 25.8 Å². The van der Waals surface area contributed by atoms with Gasteiger partial charge in [0.25, 0.3) is 0 Å². The van der Waals surface area contributed by atoms with Crippen molar-refractivity contribution in [2.24, 2.45) is 0 Å². The first-order valence-corrected chi connectivity index (χ1v) is 9.12. The van der Waals surface area contributed by atoms with Gasteiger partial charge < -0.3 is 0 Å². The molecule has 2 nitrogen and oxygen atoms in total. The van der Waals surface area contributed by atoms with E-state index in [-0.39, 0.29) is 5.41 Å². The van der Waals surface area contributed by atoms with Gasteiger partial charge >= 0.3 is 0 Å². The molecule has 0 fully saturated rings. The van der Waals surface area contributed by atoms with E-state index in [4.69, 9.17) is 9.97 Å². The van der Waals surface area contributed by atoms with E-state index < -0.39 is 0 Å². The number of benzene rings is 3. The van der Waals surface area contributed by atoms with Crippen molar-refractivity contribution in [2.75, 3.05) is 0 Å². The van der Waals surface area contributed by atoms with Crippen molar-refractivity contribution in [1.82, 2.24) is 9.97 Å². The van der Waals surface area contributed by atoms with E-state index in [1.54, 1.807) is 0 Å². The predicted molar refractivity (Wildman–Crippen MR) is 111 cm³/mol. The average Bonchev–Trinajstić information content (AvgIpc) is 2.60. The first kappa shape index (κ1) is 16.7. The maximum absolute atomic E-state index is 4.83. The fraction of sp³-hybridized carbons (Fsp3) is 0.250. The molecule has 0 amide bonds. The molecule has 0 saturated heterocycles.